The molecule has 1 N–H and O–H groups in total. The fraction of sp³-hybridized carbons (Fsp3) is 0.273. The third-order valence-corrected chi connectivity index (χ3v) is 2.39. The second-order valence-corrected chi connectivity index (χ2v) is 3.58. The molecule has 0 aliphatic carbocycles. The molecule has 0 atom stereocenters. The predicted molar refractivity (Wildman–Crippen MR) is 58.0 cm³/mol. The van der Waals surface area contributed by atoms with Gasteiger partial charge in [-0.25, -0.2) is 0 Å². The van der Waals surface area contributed by atoms with Gasteiger partial charge in [-0.15, -0.1) is 10.2 Å². The first kappa shape index (κ1) is 10.5. The lowest BCUT2D eigenvalue weighted by Gasteiger charge is -2.00. The number of aryl methyl sites for hydroxylation is 2. The van der Waals surface area contributed by atoms with Gasteiger partial charge in [-0.05, 0) is 18.9 Å². The van der Waals surface area contributed by atoms with Crippen molar-refractivity contribution in [2.24, 2.45) is 0 Å². The molecule has 0 saturated heterocycles. The summed E-state index contributed by atoms with van der Waals surface area (Å²) in [7, 11) is 0. The molecule has 0 radical (unpaired) electrons. The van der Waals surface area contributed by atoms with Gasteiger partial charge in [-0.2, -0.15) is 5.21 Å². The van der Waals surface area contributed by atoms with Crippen LogP contribution < -0.4 is 0 Å². The summed E-state index contributed by atoms with van der Waals surface area (Å²) in [5.74, 6) is 0.792. The molecule has 0 aliphatic rings. The molecule has 0 saturated carbocycles. The van der Waals surface area contributed by atoms with Crippen molar-refractivity contribution in [1.82, 2.24) is 20.6 Å². The van der Waals surface area contributed by atoms with Crippen LogP contribution in [-0.4, -0.2) is 26.4 Å². The number of tetrazole rings is 1. The van der Waals surface area contributed by atoms with Crippen molar-refractivity contribution in [3.8, 4) is 0 Å². The molecule has 5 heteroatoms. The van der Waals surface area contributed by atoms with Crippen molar-refractivity contribution in [3.05, 3.63) is 41.2 Å². The van der Waals surface area contributed by atoms with Gasteiger partial charge in [0.1, 0.15) is 0 Å². The summed E-state index contributed by atoms with van der Waals surface area (Å²) in [6, 6.07) is 7.59. The number of nitrogens with one attached hydrogen (secondary N) is 1. The number of ketones is 1. The molecule has 1 aromatic heterocycles. The number of hydrogen-bond donors (Lipinski definition) is 1. The van der Waals surface area contributed by atoms with Crippen LogP contribution in [-0.2, 0) is 12.8 Å². The summed E-state index contributed by atoms with van der Waals surface area (Å²) in [6.07, 6.45) is 1.59. The van der Waals surface area contributed by atoms with Gasteiger partial charge in [0.25, 0.3) is 0 Å². The van der Waals surface area contributed by atoms with Crippen molar-refractivity contribution >= 4 is 5.78 Å². The second kappa shape index (κ2) is 4.65. The summed E-state index contributed by atoms with van der Waals surface area (Å²) in [5.41, 5.74) is 1.90. The van der Waals surface area contributed by atoms with Crippen molar-refractivity contribution in [3.63, 3.8) is 0 Å². The molecule has 0 fully saturated rings. The van der Waals surface area contributed by atoms with Crippen LogP contribution in [0.2, 0.25) is 0 Å². The molecule has 0 amide bonds. The topological polar surface area (TPSA) is 71.5 Å². The van der Waals surface area contributed by atoms with Gasteiger partial charge in [-0.3, -0.25) is 4.79 Å². The fourth-order valence-corrected chi connectivity index (χ4v) is 1.45. The summed E-state index contributed by atoms with van der Waals surface area (Å²) >= 11 is 0. The average Bonchev–Trinajstić information content (AvgIpc) is 2.80. The highest BCUT2D eigenvalue weighted by molar-refractivity contribution is 5.93. The number of Topliss-reactive ketones (excluding diaryl/α,β-unsaturated/α-hetero) is 1. The smallest absolute Gasteiger partial charge is 0.174 e. The highest BCUT2D eigenvalue weighted by Gasteiger charge is 2.01. The Bertz CT molecular complexity index is 461. The summed E-state index contributed by atoms with van der Waals surface area (Å²) in [6.45, 7) is 1.56. The van der Waals surface area contributed by atoms with Crippen LogP contribution in [0.15, 0.2) is 24.3 Å². The van der Waals surface area contributed by atoms with E-state index in [4.69, 9.17) is 0 Å². The molecule has 0 unspecified atom stereocenters. The van der Waals surface area contributed by atoms with Crippen LogP contribution in [0.1, 0.15) is 28.7 Å². The zero-order valence-electron chi connectivity index (χ0n) is 8.97. The van der Waals surface area contributed by atoms with Crippen LogP contribution in [0.5, 0.6) is 0 Å². The van der Waals surface area contributed by atoms with Gasteiger partial charge in [0, 0.05) is 12.0 Å². The number of hydrogen-bond acceptors (Lipinski definition) is 4. The minimum atomic E-state index is 0.0877. The maximum atomic E-state index is 11.1. The van der Waals surface area contributed by atoms with Crippen molar-refractivity contribution in [2.75, 3.05) is 0 Å². The van der Waals surface area contributed by atoms with E-state index in [-0.39, 0.29) is 5.78 Å². The zero-order chi connectivity index (χ0) is 11.4. The maximum absolute atomic E-state index is 11.1. The highest BCUT2D eigenvalue weighted by Crippen LogP contribution is 2.07. The van der Waals surface area contributed by atoms with Crippen molar-refractivity contribution < 1.29 is 4.79 Å². The number of benzene rings is 1. The third kappa shape index (κ3) is 2.50. The summed E-state index contributed by atoms with van der Waals surface area (Å²) in [5, 5.41) is 13.7. The molecule has 0 aliphatic heterocycles. The Labute approximate surface area is 92.9 Å². The Kier molecular flexibility index (Phi) is 3.05. The first-order chi connectivity index (χ1) is 7.75. The van der Waals surface area contributed by atoms with E-state index in [1.807, 2.05) is 24.3 Å². The maximum Gasteiger partial charge on any atom is 0.174 e. The molecule has 2 aromatic rings. The van der Waals surface area contributed by atoms with Gasteiger partial charge in [0.05, 0.1) is 0 Å². The largest absolute Gasteiger partial charge is 0.295 e. The van der Waals surface area contributed by atoms with Crippen LogP contribution >= 0.6 is 0 Å². The van der Waals surface area contributed by atoms with E-state index in [1.165, 1.54) is 0 Å². The van der Waals surface area contributed by atoms with Crippen LogP contribution in [0, 0.1) is 0 Å². The monoisotopic (exact) mass is 216 g/mol. The Morgan fingerprint density at radius 2 is 2.00 bits per heavy atom. The van der Waals surface area contributed by atoms with Crippen molar-refractivity contribution in [1.29, 1.82) is 0 Å². The fourth-order valence-electron chi connectivity index (χ4n) is 1.45. The molecular weight excluding hydrogens is 204 g/mol. The third-order valence-electron chi connectivity index (χ3n) is 2.39. The quantitative estimate of drug-likeness (QED) is 0.779. The first-order valence-electron chi connectivity index (χ1n) is 5.08. The molecule has 0 spiro atoms. The number of carbonyl (C=O) groups is 1. The molecule has 82 valence electrons. The molecule has 16 heavy (non-hydrogen) atoms. The number of nitrogens with zero attached hydrogens (tertiary/aromatic N) is 3. The average molecular weight is 216 g/mol. The van der Waals surface area contributed by atoms with Crippen LogP contribution in [0.3, 0.4) is 0 Å². The van der Waals surface area contributed by atoms with Gasteiger partial charge >= 0.3 is 0 Å². The molecule has 1 heterocycles. The molecule has 2 rings (SSSR count). The highest BCUT2D eigenvalue weighted by atomic mass is 16.1. The number of aromatic amines is 1. The van der Waals surface area contributed by atoms with E-state index in [1.54, 1.807) is 6.92 Å². The Morgan fingerprint density at radius 3 is 2.56 bits per heavy atom. The normalized spacial score (nSPS) is 10.3. The Hall–Kier alpha value is -2.04. The molecule has 0 bridgehead atoms. The van der Waals surface area contributed by atoms with E-state index in [9.17, 15) is 4.79 Å². The SMILES string of the molecule is CC(=O)c1ccc(CCc2nn[nH]n2)cc1. The molecule has 5 nitrogen and oxygen atoms in total. The minimum Gasteiger partial charge on any atom is -0.295 e. The second-order valence-electron chi connectivity index (χ2n) is 3.58. The number of rotatable bonds is 4. The van der Waals surface area contributed by atoms with E-state index < -0.39 is 0 Å². The van der Waals surface area contributed by atoms with Crippen LogP contribution in [0.4, 0.5) is 0 Å². The predicted octanol–water partition coefficient (Wildman–Crippen LogP) is 1.19. The Morgan fingerprint density at radius 1 is 1.25 bits per heavy atom. The Balaban J connectivity index is 1.98. The minimum absolute atomic E-state index is 0.0877. The molecular formula is C11H12N4O. The zero-order valence-corrected chi connectivity index (χ0v) is 8.97. The lowest BCUT2D eigenvalue weighted by atomic mass is 10.1. The number of H-pyrrole nitrogens is 1. The van der Waals surface area contributed by atoms with Gasteiger partial charge in [0.2, 0.25) is 0 Å². The number of carbonyl (C=O) groups excluding carboxylic acids is 1. The summed E-state index contributed by atoms with van der Waals surface area (Å²) in [4.78, 5) is 11.1. The van der Waals surface area contributed by atoms with E-state index in [0.717, 1.165) is 24.0 Å². The van der Waals surface area contributed by atoms with E-state index in [0.29, 0.717) is 5.82 Å². The lowest BCUT2D eigenvalue weighted by molar-refractivity contribution is 0.101. The standard InChI is InChI=1S/C11H12N4O/c1-8(16)10-5-2-9(3-6-10)4-7-11-12-14-15-13-11/h2-3,5-6H,4,7H2,1H3,(H,12,13,14,15). The van der Waals surface area contributed by atoms with Crippen LogP contribution in [0.25, 0.3) is 0 Å². The van der Waals surface area contributed by atoms with E-state index >= 15 is 0 Å². The van der Waals surface area contributed by atoms with Gasteiger partial charge < -0.3 is 0 Å². The summed E-state index contributed by atoms with van der Waals surface area (Å²) < 4.78 is 0. The lowest BCUT2D eigenvalue weighted by Crippen LogP contribution is -1.96. The first-order valence-corrected chi connectivity index (χ1v) is 5.08. The number of aromatic nitrogens is 4. The van der Waals surface area contributed by atoms with E-state index in [2.05, 4.69) is 20.6 Å². The van der Waals surface area contributed by atoms with Gasteiger partial charge in [-0.1, -0.05) is 29.5 Å². The van der Waals surface area contributed by atoms with Crippen molar-refractivity contribution in [2.45, 2.75) is 19.8 Å². The van der Waals surface area contributed by atoms with Gasteiger partial charge in [0.15, 0.2) is 11.6 Å². The molecule has 1 aromatic carbocycles.